The lowest BCUT2D eigenvalue weighted by molar-refractivity contribution is -0.133. The molecule has 0 aliphatic heterocycles. The lowest BCUT2D eigenvalue weighted by Crippen LogP contribution is -2.11. The van der Waals surface area contributed by atoms with Gasteiger partial charge in [-0.1, -0.05) is 47.5 Å². The zero-order valence-electron chi connectivity index (χ0n) is 13.0. The third kappa shape index (κ3) is 3.09. The van der Waals surface area contributed by atoms with Crippen LogP contribution in [-0.2, 0) is 11.2 Å². The van der Waals surface area contributed by atoms with E-state index in [0.717, 1.165) is 21.9 Å². The standard InChI is InChI=1S/C20H12Cl2O3/c21-16-5-3-6-17(22)15(16)11-20(23)24-12-8-9-19-14(10-12)13-4-1-2-7-18(13)25-19/h1-10H,11H2. The summed E-state index contributed by atoms with van der Waals surface area (Å²) in [6, 6.07) is 18.1. The molecule has 0 bridgehead atoms. The normalized spacial score (nSPS) is 11.1. The SMILES string of the molecule is O=C(Cc1c(Cl)cccc1Cl)Oc1ccc2oc3ccccc3c2c1. The van der Waals surface area contributed by atoms with Gasteiger partial charge in [-0.2, -0.15) is 0 Å². The fourth-order valence-electron chi connectivity index (χ4n) is 2.78. The molecule has 25 heavy (non-hydrogen) atoms. The number of ether oxygens (including phenoxy) is 1. The molecule has 0 radical (unpaired) electrons. The zero-order valence-corrected chi connectivity index (χ0v) is 14.5. The summed E-state index contributed by atoms with van der Waals surface area (Å²) in [6.07, 6.45) is 0.00266. The van der Waals surface area contributed by atoms with Crippen molar-refractivity contribution >= 4 is 51.1 Å². The zero-order chi connectivity index (χ0) is 17.4. The van der Waals surface area contributed by atoms with Crippen LogP contribution in [0.5, 0.6) is 5.75 Å². The highest BCUT2D eigenvalue weighted by Crippen LogP contribution is 2.31. The molecule has 0 aliphatic carbocycles. The van der Waals surface area contributed by atoms with Gasteiger partial charge in [-0.3, -0.25) is 4.79 Å². The van der Waals surface area contributed by atoms with E-state index in [1.807, 2.05) is 24.3 Å². The van der Waals surface area contributed by atoms with Gasteiger partial charge in [-0.25, -0.2) is 0 Å². The van der Waals surface area contributed by atoms with Crippen molar-refractivity contribution in [2.75, 3.05) is 0 Å². The highest BCUT2D eigenvalue weighted by molar-refractivity contribution is 6.36. The van der Waals surface area contributed by atoms with Crippen LogP contribution in [0.25, 0.3) is 21.9 Å². The topological polar surface area (TPSA) is 39.4 Å². The van der Waals surface area contributed by atoms with Gasteiger partial charge in [-0.05, 0) is 36.4 Å². The van der Waals surface area contributed by atoms with E-state index < -0.39 is 5.97 Å². The van der Waals surface area contributed by atoms with Crippen molar-refractivity contribution in [2.45, 2.75) is 6.42 Å². The van der Waals surface area contributed by atoms with Gasteiger partial charge >= 0.3 is 5.97 Å². The summed E-state index contributed by atoms with van der Waals surface area (Å²) in [6.45, 7) is 0. The van der Waals surface area contributed by atoms with Gasteiger partial charge in [-0.15, -0.1) is 0 Å². The number of esters is 1. The van der Waals surface area contributed by atoms with E-state index in [2.05, 4.69) is 0 Å². The second-order valence-corrected chi connectivity index (χ2v) is 6.42. The van der Waals surface area contributed by atoms with E-state index in [4.69, 9.17) is 32.4 Å². The Hall–Kier alpha value is -2.49. The van der Waals surface area contributed by atoms with Crippen molar-refractivity contribution < 1.29 is 13.9 Å². The smallest absolute Gasteiger partial charge is 0.315 e. The Morgan fingerprint density at radius 3 is 2.40 bits per heavy atom. The van der Waals surface area contributed by atoms with Crippen molar-refractivity contribution in [1.29, 1.82) is 0 Å². The number of fused-ring (bicyclic) bond motifs is 3. The molecule has 0 saturated carbocycles. The van der Waals surface area contributed by atoms with E-state index in [1.165, 1.54) is 0 Å². The Morgan fingerprint density at radius 1 is 0.880 bits per heavy atom. The number of hydrogen-bond acceptors (Lipinski definition) is 3. The molecule has 0 N–H and O–H groups in total. The molecule has 124 valence electrons. The maximum absolute atomic E-state index is 12.3. The summed E-state index contributed by atoms with van der Waals surface area (Å²) in [5.74, 6) is 0.0226. The molecule has 1 heterocycles. The number of para-hydroxylation sites is 1. The molecule has 0 saturated heterocycles. The Bertz CT molecular complexity index is 1080. The van der Waals surface area contributed by atoms with Crippen LogP contribution < -0.4 is 4.74 Å². The number of furan rings is 1. The minimum atomic E-state index is -0.429. The quantitative estimate of drug-likeness (QED) is 0.326. The number of benzene rings is 3. The summed E-state index contributed by atoms with van der Waals surface area (Å²) < 4.78 is 11.2. The van der Waals surface area contributed by atoms with Crippen LogP contribution in [0.1, 0.15) is 5.56 Å². The van der Waals surface area contributed by atoms with Gasteiger partial charge < -0.3 is 9.15 Å². The van der Waals surface area contributed by atoms with Crippen molar-refractivity contribution in [1.82, 2.24) is 0 Å². The summed E-state index contributed by atoms with van der Waals surface area (Å²) in [5, 5.41) is 2.77. The summed E-state index contributed by atoms with van der Waals surface area (Å²) in [4.78, 5) is 12.3. The van der Waals surface area contributed by atoms with Gasteiger partial charge in [0.15, 0.2) is 0 Å². The van der Waals surface area contributed by atoms with E-state index in [-0.39, 0.29) is 6.42 Å². The lowest BCUT2D eigenvalue weighted by atomic mass is 10.1. The Balaban J connectivity index is 1.62. The van der Waals surface area contributed by atoms with Crippen molar-refractivity contribution in [3.63, 3.8) is 0 Å². The molecule has 1 aromatic heterocycles. The van der Waals surface area contributed by atoms with Gasteiger partial charge in [0, 0.05) is 26.4 Å². The van der Waals surface area contributed by atoms with E-state index in [1.54, 1.807) is 36.4 Å². The first-order valence-corrected chi connectivity index (χ1v) is 8.42. The van der Waals surface area contributed by atoms with Crippen LogP contribution >= 0.6 is 23.2 Å². The molecular weight excluding hydrogens is 359 g/mol. The molecule has 4 aromatic rings. The minimum Gasteiger partial charge on any atom is -0.456 e. The number of rotatable bonds is 3. The highest BCUT2D eigenvalue weighted by Gasteiger charge is 2.14. The number of carbonyl (C=O) groups excluding carboxylic acids is 1. The van der Waals surface area contributed by atoms with Gasteiger partial charge in [0.1, 0.15) is 16.9 Å². The monoisotopic (exact) mass is 370 g/mol. The second kappa shape index (κ2) is 6.43. The fourth-order valence-corrected chi connectivity index (χ4v) is 3.31. The number of hydrogen-bond donors (Lipinski definition) is 0. The van der Waals surface area contributed by atoms with E-state index in [0.29, 0.717) is 21.4 Å². The predicted molar refractivity (Wildman–Crippen MR) is 99.5 cm³/mol. The third-order valence-electron chi connectivity index (χ3n) is 3.96. The summed E-state index contributed by atoms with van der Waals surface area (Å²) >= 11 is 12.2. The molecule has 0 amide bonds. The largest absolute Gasteiger partial charge is 0.456 e. The Kier molecular flexibility index (Phi) is 4.12. The van der Waals surface area contributed by atoms with Crippen molar-refractivity contribution in [3.8, 4) is 5.75 Å². The maximum atomic E-state index is 12.3. The summed E-state index contributed by atoms with van der Waals surface area (Å²) in [5.41, 5.74) is 2.10. The average molecular weight is 371 g/mol. The van der Waals surface area contributed by atoms with Crippen LogP contribution in [0.4, 0.5) is 0 Å². The van der Waals surface area contributed by atoms with Gasteiger partial charge in [0.2, 0.25) is 0 Å². The maximum Gasteiger partial charge on any atom is 0.315 e. The second-order valence-electron chi connectivity index (χ2n) is 5.61. The molecule has 4 rings (SSSR count). The molecule has 0 fully saturated rings. The highest BCUT2D eigenvalue weighted by atomic mass is 35.5. The van der Waals surface area contributed by atoms with Crippen LogP contribution in [0, 0.1) is 0 Å². The number of halogens is 2. The van der Waals surface area contributed by atoms with Crippen molar-refractivity contribution in [2.24, 2.45) is 0 Å². The predicted octanol–water partition coefficient (Wildman–Crippen LogP) is 6.04. The Labute approximate surface area is 153 Å². The van der Waals surface area contributed by atoms with E-state index in [9.17, 15) is 4.79 Å². The molecule has 5 heteroatoms. The van der Waals surface area contributed by atoms with Crippen LogP contribution in [0.15, 0.2) is 65.1 Å². The number of carbonyl (C=O) groups is 1. The fraction of sp³-hybridized carbons (Fsp3) is 0.0500. The first kappa shape index (κ1) is 16.0. The lowest BCUT2D eigenvalue weighted by Gasteiger charge is -2.07. The summed E-state index contributed by atoms with van der Waals surface area (Å²) in [7, 11) is 0. The first-order chi connectivity index (χ1) is 12.1. The molecule has 0 unspecified atom stereocenters. The first-order valence-electron chi connectivity index (χ1n) is 7.67. The molecule has 0 atom stereocenters. The molecule has 0 spiro atoms. The molecule has 3 nitrogen and oxygen atoms in total. The molecule has 0 aliphatic rings. The van der Waals surface area contributed by atoms with Crippen LogP contribution in [0.2, 0.25) is 10.0 Å². The van der Waals surface area contributed by atoms with Crippen LogP contribution in [-0.4, -0.2) is 5.97 Å². The molecule has 3 aromatic carbocycles. The van der Waals surface area contributed by atoms with Gasteiger partial charge in [0.05, 0.1) is 6.42 Å². The van der Waals surface area contributed by atoms with Crippen LogP contribution in [0.3, 0.4) is 0 Å². The van der Waals surface area contributed by atoms with Crippen molar-refractivity contribution in [3.05, 3.63) is 76.3 Å². The van der Waals surface area contributed by atoms with E-state index >= 15 is 0 Å². The minimum absolute atomic E-state index is 0.00266. The average Bonchev–Trinajstić information content (AvgIpc) is 2.96. The molecular formula is C20H12Cl2O3. The van der Waals surface area contributed by atoms with Gasteiger partial charge in [0.25, 0.3) is 0 Å². The Morgan fingerprint density at radius 2 is 1.60 bits per heavy atom. The third-order valence-corrected chi connectivity index (χ3v) is 4.67.